The summed E-state index contributed by atoms with van der Waals surface area (Å²) in [6, 6.07) is 3.53. The first-order valence-electron chi connectivity index (χ1n) is 7.38. The van der Waals surface area contributed by atoms with Gasteiger partial charge in [0.2, 0.25) is 6.54 Å². The van der Waals surface area contributed by atoms with E-state index in [-0.39, 0.29) is 18.8 Å². The van der Waals surface area contributed by atoms with E-state index in [2.05, 4.69) is 0 Å². The standard InChI is InChI=1S/C15H19NO5S/c1-2-21-14(18)15(8-4-3-7-13(15)17)11(10-16(19)20)12-6-5-9-22-12/h5-6,9,11H,2-4,7-8,10H2,1H3/t11-,15-/m0/s1. The molecule has 1 fully saturated rings. The number of hydrogen-bond donors (Lipinski definition) is 0. The number of carbonyl (C=O) groups is 2. The van der Waals surface area contributed by atoms with Crippen LogP contribution in [-0.2, 0) is 14.3 Å². The van der Waals surface area contributed by atoms with Crippen LogP contribution in [0.25, 0.3) is 0 Å². The lowest BCUT2D eigenvalue weighted by Gasteiger charge is -2.37. The number of Topliss-reactive ketones (excluding diaryl/α,β-unsaturated/α-hetero) is 1. The monoisotopic (exact) mass is 325 g/mol. The molecule has 0 unspecified atom stereocenters. The van der Waals surface area contributed by atoms with Gasteiger partial charge in [-0.3, -0.25) is 19.7 Å². The summed E-state index contributed by atoms with van der Waals surface area (Å²) in [6.45, 7) is 1.39. The lowest BCUT2D eigenvalue weighted by molar-refractivity contribution is -0.485. The number of ketones is 1. The highest BCUT2D eigenvalue weighted by atomic mass is 32.1. The highest BCUT2D eigenvalue weighted by molar-refractivity contribution is 7.10. The Bertz CT molecular complexity index is 556. The van der Waals surface area contributed by atoms with Gasteiger partial charge in [-0.2, -0.15) is 0 Å². The lowest BCUT2D eigenvalue weighted by Crippen LogP contribution is -2.49. The van der Waals surface area contributed by atoms with Gasteiger partial charge < -0.3 is 4.74 Å². The van der Waals surface area contributed by atoms with Crippen molar-refractivity contribution in [3.63, 3.8) is 0 Å². The molecule has 1 heterocycles. The van der Waals surface area contributed by atoms with E-state index in [4.69, 9.17) is 4.74 Å². The molecule has 1 aromatic heterocycles. The summed E-state index contributed by atoms with van der Waals surface area (Å²) >= 11 is 1.34. The molecule has 2 rings (SSSR count). The zero-order chi connectivity index (χ0) is 16.2. The molecule has 0 bridgehead atoms. The summed E-state index contributed by atoms with van der Waals surface area (Å²) in [5, 5.41) is 12.9. The maximum atomic E-state index is 12.6. The Labute approximate surface area is 132 Å². The predicted octanol–water partition coefficient (Wildman–Crippen LogP) is 2.80. The molecule has 7 heteroatoms. The van der Waals surface area contributed by atoms with Crippen molar-refractivity contribution in [2.75, 3.05) is 13.2 Å². The van der Waals surface area contributed by atoms with E-state index >= 15 is 0 Å². The maximum absolute atomic E-state index is 12.6. The number of esters is 1. The van der Waals surface area contributed by atoms with E-state index in [0.717, 1.165) is 6.42 Å². The van der Waals surface area contributed by atoms with Crippen LogP contribution >= 0.6 is 11.3 Å². The van der Waals surface area contributed by atoms with Gasteiger partial charge in [0.15, 0.2) is 5.78 Å². The van der Waals surface area contributed by atoms with Crippen LogP contribution in [0.1, 0.15) is 43.4 Å². The first-order valence-corrected chi connectivity index (χ1v) is 8.26. The number of thiophene rings is 1. The summed E-state index contributed by atoms with van der Waals surface area (Å²) in [5.74, 6) is -1.59. The van der Waals surface area contributed by atoms with Gasteiger partial charge in [-0.05, 0) is 31.2 Å². The van der Waals surface area contributed by atoms with Gasteiger partial charge in [0.05, 0.1) is 12.5 Å². The van der Waals surface area contributed by atoms with Gasteiger partial charge in [0.25, 0.3) is 0 Å². The van der Waals surface area contributed by atoms with Gasteiger partial charge in [0.1, 0.15) is 5.41 Å². The van der Waals surface area contributed by atoms with Crippen molar-refractivity contribution in [1.82, 2.24) is 0 Å². The van der Waals surface area contributed by atoms with Gasteiger partial charge >= 0.3 is 5.97 Å². The van der Waals surface area contributed by atoms with Gasteiger partial charge in [-0.15, -0.1) is 11.3 Å². The molecule has 0 aromatic carbocycles. The second-order valence-corrected chi connectivity index (χ2v) is 6.38. The van der Waals surface area contributed by atoms with E-state index in [0.29, 0.717) is 17.7 Å². The number of hydrogen-bond acceptors (Lipinski definition) is 6. The minimum absolute atomic E-state index is 0.156. The number of rotatable bonds is 6. The number of carbonyl (C=O) groups excluding carboxylic acids is 2. The minimum atomic E-state index is -1.41. The second kappa shape index (κ2) is 7.00. The highest BCUT2D eigenvalue weighted by Crippen LogP contribution is 2.47. The SMILES string of the molecule is CCOC(=O)[C@]1([C@@H](C[N+](=O)[O-])c2cccs2)CCCCC1=O. The molecule has 22 heavy (non-hydrogen) atoms. The van der Waals surface area contributed by atoms with Crippen molar-refractivity contribution < 1.29 is 19.2 Å². The molecule has 6 nitrogen and oxygen atoms in total. The average molecular weight is 325 g/mol. The van der Waals surface area contributed by atoms with Gasteiger partial charge in [-0.1, -0.05) is 12.5 Å². The van der Waals surface area contributed by atoms with Crippen LogP contribution in [0.5, 0.6) is 0 Å². The topological polar surface area (TPSA) is 86.5 Å². The average Bonchev–Trinajstić information content (AvgIpc) is 2.99. The predicted molar refractivity (Wildman–Crippen MR) is 81.5 cm³/mol. The summed E-state index contributed by atoms with van der Waals surface area (Å²) < 4.78 is 5.14. The third kappa shape index (κ3) is 3.04. The van der Waals surface area contributed by atoms with E-state index in [9.17, 15) is 19.7 Å². The van der Waals surface area contributed by atoms with E-state index in [1.165, 1.54) is 11.3 Å². The number of ether oxygens (including phenoxy) is 1. The molecule has 0 spiro atoms. The second-order valence-electron chi connectivity index (χ2n) is 5.41. The van der Waals surface area contributed by atoms with Crippen LogP contribution in [0.3, 0.4) is 0 Å². The fourth-order valence-electron chi connectivity index (χ4n) is 3.17. The summed E-state index contributed by atoms with van der Waals surface area (Å²) in [7, 11) is 0. The van der Waals surface area contributed by atoms with E-state index in [1.807, 2.05) is 0 Å². The number of nitrogens with zero attached hydrogens (tertiary/aromatic N) is 1. The van der Waals surface area contributed by atoms with E-state index < -0.39 is 28.8 Å². The fourth-order valence-corrected chi connectivity index (χ4v) is 4.08. The first-order chi connectivity index (χ1) is 10.5. The van der Waals surface area contributed by atoms with Crippen molar-refractivity contribution in [3.05, 3.63) is 32.5 Å². The largest absolute Gasteiger partial charge is 0.465 e. The lowest BCUT2D eigenvalue weighted by atomic mass is 9.64. The molecular formula is C15H19NO5S. The molecule has 0 amide bonds. The zero-order valence-corrected chi connectivity index (χ0v) is 13.3. The van der Waals surface area contributed by atoms with Crippen LogP contribution in [-0.4, -0.2) is 29.8 Å². The fraction of sp³-hybridized carbons (Fsp3) is 0.600. The summed E-state index contributed by atoms with van der Waals surface area (Å²) in [6.07, 6.45) is 2.01. The van der Waals surface area contributed by atoms with Crippen LogP contribution in [0.4, 0.5) is 0 Å². The zero-order valence-electron chi connectivity index (χ0n) is 12.4. The summed E-state index contributed by atoms with van der Waals surface area (Å²) in [5.41, 5.74) is -1.41. The van der Waals surface area contributed by atoms with Crippen molar-refractivity contribution in [2.24, 2.45) is 5.41 Å². The van der Waals surface area contributed by atoms with E-state index in [1.54, 1.807) is 24.4 Å². The first kappa shape index (κ1) is 16.6. The van der Waals surface area contributed by atoms with Crippen LogP contribution in [0, 0.1) is 15.5 Å². The Morgan fingerprint density at radius 2 is 2.32 bits per heavy atom. The molecule has 1 saturated carbocycles. The van der Waals surface area contributed by atoms with Crippen molar-refractivity contribution in [2.45, 2.75) is 38.5 Å². The van der Waals surface area contributed by atoms with Crippen molar-refractivity contribution in [1.29, 1.82) is 0 Å². The summed E-state index contributed by atoms with van der Waals surface area (Å²) in [4.78, 5) is 36.6. The van der Waals surface area contributed by atoms with Crippen LogP contribution < -0.4 is 0 Å². The van der Waals surface area contributed by atoms with Crippen molar-refractivity contribution >= 4 is 23.1 Å². The Morgan fingerprint density at radius 3 is 2.86 bits per heavy atom. The Hall–Kier alpha value is -1.76. The third-order valence-corrected chi connectivity index (χ3v) is 5.16. The third-order valence-electron chi connectivity index (χ3n) is 4.18. The number of nitro groups is 1. The highest BCUT2D eigenvalue weighted by Gasteiger charge is 2.56. The molecule has 0 aliphatic heterocycles. The smallest absolute Gasteiger partial charge is 0.320 e. The van der Waals surface area contributed by atoms with Crippen molar-refractivity contribution in [3.8, 4) is 0 Å². The molecule has 0 saturated heterocycles. The van der Waals surface area contributed by atoms with Crippen LogP contribution in [0.15, 0.2) is 17.5 Å². The molecule has 120 valence electrons. The Kier molecular flexibility index (Phi) is 5.28. The Balaban J connectivity index is 2.50. The quantitative estimate of drug-likeness (QED) is 0.347. The molecule has 1 aromatic rings. The maximum Gasteiger partial charge on any atom is 0.320 e. The van der Waals surface area contributed by atoms with Gasteiger partial charge in [0, 0.05) is 16.2 Å². The van der Waals surface area contributed by atoms with Crippen LogP contribution in [0.2, 0.25) is 0 Å². The minimum Gasteiger partial charge on any atom is -0.465 e. The molecule has 0 radical (unpaired) electrons. The molecule has 2 atom stereocenters. The molecule has 1 aliphatic rings. The normalized spacial score (nSPS) is 23.0. The Morgan fingerprint density at radius 1 is 1.55 bits per heavy atom. The molecule has 0 N–H and O–H groups in total. The molecule has 1 aliphatic carbocycles. The van der Waals surface area contributed by atoms with Gasteiger partial charge in [-0.25, -0.2) is 0 Å². The molecular weight excluding hydrogens is 306 g/mol.